The van der Waals surface area contributed by atoms with Crippen molar-refractivity contribution in [2.24, 2.45) is 11.1 Å². The molecule has 0 aliphatic carbocycles. The Morgan fingerprint density at radius 3 is 2.51 bits per heavy atom. The Morgan fingerprint density at radius 1 is 1.15 bits per heavy atom. The summed E-state index contributed by atoms with van der Waals surface area (Å²) in [5.74, 6) is -4.08. The van der Waals surface area contributed by atoms with E-state index >= 15 is 8.78 Å². The predicted molar refractivity (Wildman–Crippen MR) is 145 cm³/mol. The number of hydrogen-bond donors (Lipinski definition) is 3. The molecule has 4 atom stereocenters. The molecule has 1 fully saturated rings. The number of benzene rings is 2. The molecule has 11 heteroatoms. The van der Waals surface area contributed by atoms with E-state index in [-0.39, 0.29) is 38.2 Å². The minimum Gasteiger partial charge on any atom is -0.463 e. The third kappa shape index (κ3) is 5.68. The number of anilines is 1. The number of esters is 1. The van der Waals surface area contributed by atoms with Gasteiger partial charge in [0.2, 0.25) is 17.6 Å². The van der Waals surface area contributed by atoms with E-state index in [1.165, 1.54) is 43.5 Å². The molecule has 39 heavy (non-hydrogen) atoms. The second-order valence-corrected chi connectivity index (χ2v) is 11.6. The topological polar surface area (TPSA) is 107 Å². The molecule has 3 aromatic rings. The molecule has 2 aromatic carbocycles. The van der Waals surface area contributed by atoms with Crippen LogP contribution in [-0.2, 0) is 15.1 Å². The van der Waals surface area contributed by atoms with Crippen LogP contribution in [0.25, 0.3) is 0 Å². The van der Waals surface area contributed by atoms with Gasteiger partial charge in [0.15, 0.2) is 0 Å². The summed E-state index contributed by atoms with van der Waals surface area (Å²) in [4.78, 5) is 25.5. The Bertz CT molecular complexity index is 1410. The van der Waals surface area contributed by atoms with Crippen molar-refractivity contribution in [2.75, 3.05) is 12.4 Å². The van der Waals surface area contributed by atoms with Gasteiger partial charge in [-0.15, -0.1) is 0 Å². The molecule has 0 unspecified atom stereocenters. The monoisotopic (exact) mass is 579 g/mol. The number of halogens is 4. The van der Waals surface area contributed by atoms with Crippen molar-refractivity contribution in [3.05, 3.63) is 87.1 Å². The minimum atomic E-state index is -1.62. The molecule has 4 N–H and O–H groups in total. The smallest absolute Gasteiger partial charge is 0.374 e. The Morgan fingerprint density at radius 2 is 1.87 bits per heavy atom. The molecule has 0 spiro atoms. The summed E-state index contributed by atoms with van der Waals surface area (Å²) < 4.78 is 41.2. The van der Waals surface area contributed by atoms with Gasteiger partial charge in [-0.3, -0.25) is 10.1 Å². The highest BCUT2D eigenvalue weighted by Crippen LogP contribution is 2.50. The largest absolute Gasteiger partial charge is 0.463 e. The van der Waals surface area contributed by atoms with Crippen LogP contribution in [0.2, 0.25) is 10.0 Å². The highest BCUT2D eigenvalue weighted by Gasteiger charge is 2.58. The zero-order valence-corrected chi connectivity index (χ0v) is 23.3. The Balaban J connectivity index is 1.87. The predicted octanol–water partition coefficient (Wildman–Crippen LogP) is 6.00. The molecule has 0 saturated carbocycles. The number of nitrogens with one attached hydrogen (secondary N) is 2. The van der Waals surface area contributed by atoms with Crippen LogP contribution in [-0.4, -0.2) is 31.1 Å². The van der Waals surface area contributed by atoms with Gasteiger partial charge in [-0.2, -0.15) is 0 Å². The number of methoxy groups -OCH3 is 1. The van der Waals surface area contributed by atoms with E-state index in [4.69, 9.17) is 33.4 Å². The molecule has 0 bridgehead atoms. The van der Waals surface area contributed by atoms with E-state index in [2.05, 4.69) is 15.4 Å². The standard InChI is InChI=1S/C28H29Cl2F2N3O4/c1-27(2,3)13-20-28(33,16-9-8-14(29)12-18(16)31)22(15-6-5-7-17(30)23(15)32)24(34-20)25(36)35-21-11-10-19(39-21)26(37)38-4/h5-12,20,22,24,34H,13,33H2,1-4H3,(H,35,36)/t20-,22-,24+,28+/m0/s1. The highest BCUT2D eigenvalue weighted by atomic mass is 35.5. The van der Waals surface area contributed by atoms with Crippen LogP contribution >= 0.6 is 23.2 Å². The first kappa shape index (κ1) is 29.0. The van der Waals surface area contributed by atoms with Crippen LogP contribution in [0, 0.1) is 17.0 Å². The van der Waals surface area contributed by atoms with Crippen molar-refractivity contribution in [2.45, 2.75) is 50.7 Å². The number of ether oxygens (including phenoxy) is 1. The van der Waals surface area contributed by atoms with Gasteiger partial charge < -0.3 is 20.2 Å². The first-order chi connectivity index (χ1) is 18.3. The summed E-state index contributed by atoms with van der Waals surface area (Å²) in [7, 11) is 1.20. The van der Waals surface area contributed by atoms with Crippen molar-refractivity contribution in [1.82, 2.24) is 5.32 Å². The van der Waals surface area contributed by atoms with Crippen molar-refractivity contribution >= 4 is 41.0 Å². The maximum Gasteiger partial charge on any atom is 0.374 e. The van der Waals surface area contributed by atoms with Gasteiger partial charge in [-0.05, 0) is 41.7 Å². The fraction of sp³-hybridized carbons (Fsp3) is 0.357. The number of furan rings is 1. The Kier molecular flexibility index (Phi) is 8.10. The van der Waals surface area contributed by atoms with Gasteiger partial charge in [-0.25, -0.2) is 13.6 Å². The molecule has 1 aliphatic rings. The lowest BCUT2D eigenvalue weighted by Crippen LogP contribution is -2.52. The molecule has 2 heterocycles. The molecule has 0 radical (unpaired) electrons. The van der Waals surface area contributed by atoms with Crippen LogP contribution in [0.4, 0.5) is 14.7 Å². The van der Waals surface area contributed by atoms with Crippen molar-refractivity contribution < 1.29 is 27.5 Å². The fourth-order valence-electron chi connectivity index (χ4n) is 5.22. The maximum atomic E-state index is 15.6. The minimum absolute atomic E-state index is 0.0351. The zero-order valence-electron chi connectivity index (χ0n) is 21.8. The summed E-state index contributed by atoms with van der Waals surface area (Å²) in [6, 6.07) is 9.38. The SMILES string of the molecule is COC(=O)c1ccc(NC(=O)[C@@H]2N[C@@H](CC(C)(C)C)[C@](N)(c3ccc(Cl)cc3F)[C@H]2c2cccc(Cl)c2F)o1. The molecule has 1 aliphatic heterocycles. The third-order valence-corrected chi connectivity index (χ3v) is 7.38. The van der Waals surface area contributed by atoms with Gasteiger partial charge in [-0.1, -0.05) is 62.2 Å². The molecule has 208 valence electrons. The summed E-state index contributed by atoms with van der Waals surface area (Å²) in [5.41, 5.74) is 5.32. The third-order valence-electron chi connectivity index (χ3n) is 6.86. The van der Waals surface area contributed by atoms with E-state index in [0.717, 1.165) is 6.07 Å². The van der Waals surface area contributed by atoms with E-state index in [1.807, 2.05) is 20.8 Å². The first-order valence-electron chi connectivity index (χ1n) is 12.2. The summed E-state index contributed by atoms with van der Waals surface area (Å²) in [6.45, 7) is 5.94. The van der Waals surface area contributed by atoms with Crippen LogP contribution in [0.3, 0.4) is 0 Å². The Labute approximate surface area is 235 Å². The number of carbonyl (C=O) groups is 2. The van der Waals surface area contributed by atoms with Crippen LogP contribution in [0.15, 0.2) is 52.9 Å². The lowest BCUT2D eigenvalue weighted by atomic mass is 9.68. The van der Waals surface area contributed by atoms with E-state index in [1.54, 1.807) is 6.07 Å². The van der Waals surface area contributed by atoms with Crippen molar-refractivity contribution in [3.8, 4) is 0 Å². The summed E-state index contributed by atoms with van der Waals surface area (Å²) in [6.07, 6.45) is 0.404. The second kappa shape index (κ2) is 10.9. The lowest BCUT2D eigenvalue weighted by molar-refractivity contribution is -0.118. The summed E-state index contributed by atoms with van der Waals surface area (Å²) >= 11 is 12.2. The normalized spacial score (nSPS) is 23.1. The number of hydrogen-bond acceptors (Lipinski definition) is 6. The van der Waals surface area contributed by atoms with Gasteiger partial charge in [0.05, 0.1) is 23.7 Å². The van der Waals surface area contributed by atoms with Crippen molar-refractivity contribution in [1.29, 1.82) is 0 Å². The van der Waals surface area contributed by atoms with Gasteiger partial charge in [0.25, 0.3) is 0 Å². The van der Waals surface area contributed by atoms with Gasteiger partial charge in [0, 0.05) is 28.6 Å². The van der Waals surface area contributed by atoms with Crippen molar-refractivity contribution in [3.63, 3.8) is 0 Å². The summed E-state index contributed by atoms with van der Waals surface area (Å²) in [5, 5.41) is 5.86. The van der Waals surface area contributed by atoms with E-state index in [9.17, 15) is 9.59 Å². The van der Waals surface area contributed by atoms with E-state index < -0.39 is 47.1 Å². The second-order valence-electron chi connectivity index (χ2n) is 10.8. The first-order valence-corrected chi connectivity index (χ1v) is 12.9. The zero-order chi connectivity index (χ0) is 28.7. The number of amides is 1. The molecular weight excluding hydrogens is 551 g/mol. The molecule has 1 amide bonds. The molecule has 7 nitrogen and oxygen atoms in total. The Hall–Kier alpha value is -2.98. The average molecular weight is 580 g/mol. The lowest BCUT2D eigenvalue weighted by Gasteiger charge is -2.40. The van der Waals surface area contributed by atoms with Gasteiger partial charge in [0.1, 0.15) is 11.6 Å². The highest BCUT2D eigenvalue weighted by molar-refractivity contribution is 6.31. The molecular formula is C28H29Cl2F2N3O4. The molecule has 4 rings (SSSR count). The van der Waals surface area contributed by atoms with Gasteiger partial charge >= 0.3 is 5.97 Å². The average Bonchev–Trinajstić information content (AvgIpc) is 3.42. The number of rotatable bonds is 6. The van der Waals surface area contributed by atoms with E-state index in [0.29, 0.717) is 6.42 Å². The van der Waals surface area contributed by atoms with Crippen LogP contribution < -0.4 is 16.4 Å². The van der Waals surface area contributed by atoms with Crippen LogP contribution in [0.1, 0.15) is 54.8 Å². The maximum absolute atomic E-state index is 15.6. The quantitative estimate of drug-likeness (QED) is 0.309. The number of nitrogens with two attached hydrogens (primary N) is 1. The molecule has 1 aromatic heterocycles. The van der Waals surface area contributed by atoms with Crippen LogP contribution in [0.5, 0.6) is 0 Å². The number of carbonyl (C=O) groups excluding carboxylic acids is 2. The fourth-order valence-corrected chi connectivity index (χ4v) is 5.56. The molecule has 1 saturated heterocycles.